The molecular formula is C17H19N3S. The summed E-state index contributed by atoms with van der Waals surface area (Å²) in [6.07, 6.45) is 2.28. The van der Waals surface area contributed by atoms with Gasteiger partial charge in [-0.15, -0.1) is 11.3 Å². The quantitative estimate of drug-likeness (QED) is 0.687. The van der Waals surface area contributed by atoms with Crippen molar-refractivity contribution >= 4 is 38.6 Å². The zero-order chi connectivity index (χ0) is 14.7. The van der Waals surface area contributed by atoms with Crippen LogP contribution in [-0.4, -0.2) is 11.5 Å². The van der Waals surface area contributed by atoms with E-state index in [0.29, 0.717) is 0 Å². The molecule has 2 N–H and O–H groups in total. The van der Waals surface area contributed by atoms with Crippen LogP contribution in [0, 0.1) is 0 Å². The van der Waals surface area contributed by atoms with Crippen LogP contribution in [0.4, 0.5) is 17.1 Å². The first kappa shape index (κ1) is 13.9. The Morgan fingerprint density at radius 3 is 2.71 bits per heavy atom. The summed E-state index contributed by atoms with van der Waals surface area (Å²) in [6.45, 7) is 3.16. The predicted molar refractivity (Wildman–Crippen MR) is 92.4 cm³/mol. The number of unbranched alkanes of at least 4 members (excludes halogenated alkanes) is 1. The Morgan fingerprint density at radius 1 is 1.14 bits per heavy atom. The van der Waals surface area contributed by atoms with Gasteiger partial charge in [-0.2, -0.15) is 0 Å². The monoisotopic (exact) mass is 297 g/mol. The maximum Gasteiger partial charge on any atom is 0.106 e. The second kappa shape index (κ2) is 6.14. The van der Waals surface area contributed by atoms with Crippen molar-refractivity contribution in [2.24, 2.45) is 0 Å². The largest absolute Gasteiger partial charge is 0.395 e. The highest BCUT2D eigenvalue weighted by molar-refractivity contribution is 7.16. The van der Waals surface area contributed by atoms with Crippen LogP contribution in [0.25, 0.3) is 10.2 Å². The first-order valence-electron chi connectivity index (χ1n) is 7.25. The third-order valence-corrected chi connectivity index (χ3v) is 4.41. The smallest absolute Gasteiger partial charge is 0.106 e. The number of aromatic nitrogens is 1. The van der Waals surface area contributed by atoms with Gasteiger partial charge in [0.2, 0.25) is 0 Å². The van der Waals surface area contributed by atoms with E-state index < -0.39 is 0 Å². The molecule has 0 saturated heterocycles. The van der Waals surface area contributed by atoms with Crippen LogP contribution in [0.3, 0.4) is 0 Å². The Hall–Kier alpha value is -2.07. The Labute approximate surface area is 129 Å². The molecule has 108 valence electrons. The summed E-state index contributed by atoms with van der Waals surface area (Å²) < 4.78 is 1.14. The number of para-hydroxylation sites is 1. The first-order chi connectivity index (χ1) is 10.3. The lowest BCUT2D eigenvalue weighted by atomic mass is 10.1. The lowest BCUT2D eigenvalue weighted by Crippen LogP contribution is -2.19. The Balaban J connectivity index is 2.07. The van der Waals surface area contributed by atoms with Gasteiger partial charge in [0.15, 0.2) is 0 Å². The lowest BCUT2D eigenvalue weighted by molar-refractivity contribution is 0.786. The van der Waals surface area contributed by atoms with E-state index in [2.05, 4.69) is 53.2 Å². The topological polar surface area (TPSA) is 42.2 Å². The van der Waals surface area contributed by atoms with Gasteiger partial charge in [-0.3, -0.25) is 0 Å². The molecule has 0 aliphatic heterocycles. The fourth-order valence-electron chi connectivity index (χ4n) is 2.49. The molecule has 3 aromatic rings. The Morgan fingerprint density at radius 2 is 1.95 bits per heavy atom. The normalized spacial score (nSPS) is 10.9. The number of nitrogen functional groups attached to an aromatic ring is 1. The van der Waals surface area contributed by atoms with E-state index in [1.54, 1.807) is 11.3 Å². The van der Waals surface area contributed by atoms with Gasteiger partial charge >= 0.3 is 0 Å². The zero-order valence-corrected chi connectivity index (χ0v) is 12.9. The third kappa shape index (κ3) is 2.72. The summed E-state index contributed by atoms with van der Waals surface area (Å²) in [5, 5.41) is 0. The summed E-state index contributed by atoms with van der Waals surface area (Å²) in [4.78, 5) is 6.69. The number of rotatable bonds is 5. The van der Waals surface area contributed by atoms with Crippen LogP contribution in [0.15, 0.2) is 48.0 Å². The molecule has 0 radical (unpaired) electrons. The fraction of sp³-hybridized carbons (Fsp3) is 0.235. The number of anilines is 3. The number of fused-ring (bicyclic) bond motifs is 1. The van der Waals surface area contributed by atoms with Crippen molar-refractivity contribution in [3.05, 3.63) is 48.0 Å². The highest BCUT2D eigenvalue weighted by Crippen LogP contribution is 2.36. The van der Waals surface area contributed by atoms with Crippen LogP contribution in [0.1, 0.15) is 19.8 Å². The molecule has 0 aliphatic rings. The van der Waals surface area contributed by atoms with E-state index in [9.17, 15) is 0 Å². The van der Waals surface area contributed by atoms with Crippen LogP contribution >= 0.6 is 11.3 Å². The van der Waals surface area contributed by atoms with Crippen LogP contribution < -0.4 is 10.6 Å². The van der Waals surface area contributed by atoms with Crippen molar-refractivity contribution < 1.29 is 0 Å². The minimum absolute atomic E-state index is 0.772. The average molecular weight is 297 g/mol. The van der Waals surface area contributed by atoms with Crippen LogP contribution in [-0.2, 0) is 0 Å². The first-order valence-corrected chi connectivity index (χ1v) is 8.13. The summed E-state index contributed by atoms with van der Waals surface area (Å²) in [5.41, 5.74) is 12.1. The van der Waals surface area contributed by atoms with Gasteiger partial charge in [0.1, 0.15) is 5.52 Å². The summed E-state index contributed by atoms with van der Waals surface area (Å²) >= 11 is 1.63. The second-order valence-electron chi connectivity index (χ2n) is 5.04. The minimum Gasteiger partial charge on any atom is -0.395 e. The molecule has 21 heavy (non-hydrogen) atoms. The van der Waals surface area contributed by atoms with Crippen molar-refractivity contribution in [2.45, 2.75) is 19.8 Å². The van der Waals surface area contributed by atoms with E-state index in [0.717, 1.165) is 41.0 Å². The molecule has 0 saturated carbocycles. The van der Waals surface area contributed by atoms with Gasteiger partial charge in [0, 0.05) is 12.2 Å². The van der Waals surface area contributed by atoms with Crippen LogP contribution in [0.2, 0.25) is 0 Å². The predicted octanol–water partition coefficient (Wildman–Crippen LogP) is 4.82. The number of hydrogen-bond donors (Lipinski definition) is 1. The molecule has 1 heterocycles. The number of thiazole rings is 1. The van der Waals surface area contributed by atoms with Gasteiger partial charge < -0.3 is 10.6 Å². The van der Waals surface area contributed by atoms with E-state index in [1.165, 1.54) is 5.69 Å². The van der Waals surface area contributed by atoms with Crippen molar-refractivity contribution in [3.63, 3.8) is 0 Å². The molecule has 0 spiro atoms. The van der Waals surface area contributed by atoms with Gasteiger partial charge in [-0.1, -0.05) is 31.5 Å². The molecule has 0 amide bonds. The van der Waals surface area contributed by atoms with E-state index >= 15 is 0 Å². The fourth-order valence-corrected chi connectivity index (χ4v) is 3.18. The van der Waals surface area contributed by atoms with E-state index in [-0.39, 0.29) is 0 Å². The molecule has 0 unspecified atom stereocenters. The molecule has 0 aliphatic carbocycles. The van der Waals surface area contributed by atoms with Crippen molar-refractivity contribution in [1.82, 2.24) is 4.98 Å². The highest BCUT2D eigenvalue weighted by atomic mass is 32.1. The average Bonchev–Trinajstić information content (AvgIpc) is 3.00. The van der Waals surface area contributed by atoms with Crippen molar-refractivity contribution in [2.75, 3.05) is 17.2 Å². The van der Waals surface area contributed by atoms with Crippen LogP contribution in [0.5, 0.6) is 0 Å². The number of benzene rings is 2. The molecule has 3 rings (SSSR count). The molecule has 0 bridgehead atoms. The Kier molecular flexibility index (Phi) is 4.06. The summed E-state index contributed by atoms with van der Waals surface area (Å²) in [6, 6.07) is 14.6. The summed E-state index contributed by atoms with van der Waals surface area (Å²) in [7, 11) is 0. The number of nitrogens with zero attached hydrogens (tertiary/aromatic N) is 2. The van der Waals surface area contributed by atoms with Gasteiger partial charge in [0.25, 0.3) is 0 Å². The summed E-state index contributed by atoms with van der Waals surface area (Å²) in [5.74, 6) is 0. The van der Waals surface area contributed by atoms with E-state index in [1.807, 2.05) is 11.6 Å². The molecule has 0 atom stereocenters. The Bertz CT molecular complexity index is 721. The molecule has 1 aromatic heterocycles. The second-order valence-corrected chi connectivity index (χ2v) is 5.92. The highest BCUT2D eigenvalue weighted by Gasteiger charge is 2.14. The number of hydrogen-bond acceptors (Lipinski definition) is 4. The molecule has 2 aromatic carbocycles. The SMILES string of the molecule is CCCCN(c1ccccc1)c1ccc2scnc2c1N. The van der Waals surface area contributed by atoms with Gasteiger partial charge in [-0.25, -0.2) is 4.98 Å². The lowest BCUT2D eigenvalue weighted by Gasteiger charge is -2.26. The van der Waals surface area contributed by atoms with Crippen molar-refractivity contribution in [1.29, 1.82) is 0 Å². The maximum atomic E-state index is 6.38. The maximum absolute atomic E-state index is 6.38. The van der Waals surface area contributed by atoms with E-state index in [4.69, 9.17) is 5.73 Å². The molecule has 4 heteroatoms. The van der Waals surface area contributed by atoms with Crippen molar-refractivity contribution in [3.8, 4) is 0 Å². The molecule has 0 fully saturated rings. The minimum atomic E-state index is 0.772. The third-order valence-electron chi connectivity index (χ3n) is 3.61. The molecular weight excluding hydrogens is 278 g/mol. The number of nitrogens with two attached hydrogens (primary N) is 1. The standard InChI is InChI=1S/C17H19N3S/c1-2-3-11-20(13-7-5-4-6-8-13)14-9-10-15-17(16(14)18)19-12-21-15/h4-10,12H,2-3,11,18H2,1H3. The zero-order valence-electron chi connectivity index (χ0n) is 12.1. The molecule has 3 nitrogen and oxygen atoms in total. The van der Waals surface area contributed by atoms with Gasteiger partial charge in [-0.05, 0) is 30.7 Å². The van der Waals surface area contributed by atoms with Gasteiger partial charge in [0.05, 0.1) is 21.6 Å².